The van der Waals surface area contributed by atoms with Crippen LogP contribution in [0.5, 0.6) is 0 Å². The van der Waals surface area contributed by atoms with Gasteiger partial charge in [0.1, 0.15) is 0 Å². The van der Waals surface area contributed by atoms with Crippen molar-refractivity contribution in [3.63, 3.8) is 0 Å². The molecule has 1 fully saturated rings. The minimum atomic E-state index is 0.984. The molecule has 60 valence electrons. The van der Waals surface area contributed by atoms with E-state index < -0.39 is 0 Å². The van der Waals surface area contributed by atoms with Crippen LogP contribution in [0.15, 0.2) is 0 Å². The molecule has 0 N–H and O–H groups in total. The van der Waals surface area contributed by atoms with Crippen molar-refractivity contribution in [3.05, 3.63) is 0 Å². The van der Waals surface area contributed by atoms with Crippen LogP contribution < -0.4 is 0 Å². The molecule has 1 heterocycles. The maximum Gasteiger partial charge on any atom is 0.00739 e. The average molecular weight is 177 g/mol. The minimum Gasteiger partial charge on any atom is -0.309 e. The van der Waals surface area contributed by atoms with Gasteiger partial charge in [-0.05, 0) is 33.0 Å². The van der Waals surface area contributed by atoms with Crippen LogP contribution in [0.4, 0.5) is 0 Å². The molecule has 0 spiro atoms. The molecule has 10 heavy (non-hydrogen) atoms. The molecular formula is C7H15NS2. The van der Waals surface area contributed by atoms with Gasteiger partial charge in [-0.2, -0.15) is 0 Å². The zero-order chi connectivity index (χ0) is 7.40. The second-order valence-electron chi connectivity index (χ2n) is 3.03. The van der Waals surface area contributed by atoms with E-state index in [1.54, 1.807) is 0 Å². The lowest BCUT2D eigenvalue weighted by Crippen LogP contribution is -2.17. The standard InChI is InChI=1S/C7H15NS2/c1-8(2)4-3-7-5-9-10-6-7/h7H,3-6H2,1-2H3. The highest BCUT2D eigenvalue weighted by molar-refractivity contribution is 8.77. The molecule has 0 aliphatic carbocycles. The highest BCUT2D eigenvalue weighted by atomic mass is 33.1. The van der Waals surface area contributed by atoms with Crippen molar-refractivity contribution >= 4 is 21.6 Å². The second kappa shape index (κ2) is 4.52. The summed E-state index contributed by atoms with van der Waals surface area (Å²) in [5.41, 5.74) is 0. The first-order valence-electron chi connectivity index (χ1n) is 3.68. The Morgan fingerprint density at radius 2 is 1.90 bits per heavy atom. The van der Waals surface area contributed by atoms with Gasteiger partial charge in [0.15, 0.2) is 0 Å². The molecule has 0 saturated carbocycles. The average Bonchev–Trinajstić information content (AvgIpc) is 2.34. The lowest BCUT2D eigenvalue weighted by atomic mass is 10.1. The Morgan fingerprint density at radius 3 is 2.40 bits per heavy atom. The number of rotatable bonds is 3. The summed E-state index contributed by atoms with van der Waals surface area (Å²) in [5.74, 6) is 3.73. The van der Waals surface area contributed by atoms with Crippen molar-refractivity contribution in [1.82, 2.24) is 4.90 Å². The first kappa shape index (κ1) is 8.75. The smallest absolute Gasteiger partial charge is 0.00739 e. The summed E-state index contributed by atoms with van der Waals surface area (Å²) in [4.78, 5) is 2.27. The van der Waals surface area contributed by atoms with Gasteiger partial charge in [-0.1, -0.05) is 21.6 Å². The summed E-state index contributed by atoms with van der Waals surface area (Å²) in [6.45, 7) is 1.26. The molecule has 1 saturated heterocycles. The van der Waals surface area contributed by atoms with E-state index in [9.17, 15) is 0 Å². The van der Waals surface area contributed by atoms with Crippen molar-refractivity contribution in [2.75, 3.05) is 32.1 Å². The first-order valence-corrected chi connectivity index (χ1v) is 6.17. The van der Waals surface area contributed by atoms with Gasteiger partial charge < -0.3 is 4.90 Å². The Labute approximate surface area is 71.3 Å². The summed E-state index contributed by atoms with van der Waals surface area (Å²) in [6, 6.07) is 0. The van der Waals surface area contributed by atoms with Crippen molar-refractivity contribution in [1.29, 1.82) is 0 Å². The summed E-state index contributed by atoms with van der Waals surface area (Å²) in [6.07, 6.45) is 1.38. The number of hydrogen-bond acceptors (Lipinski definition) is 3. The molecule has 0 radical (unpaired) electrons. The summed E-state index contributed by atoms with van der Waals surface area (Å²) >= 11 is 0. The van der Waals surface area contributed by atoms with Gasteiger partial charge in [-0.15, -0.1) is 0 Å². The molecule has 0 amide bonds. The van der Waals surface area contributed by atoms with Crippen LogP contribution in [-0.2, 0) is 0 Å². The summed E-state index contributed by atoms with van der Waals surface area (Å²) < 4.78 is 0. The van der Waals surface area contributed by atoms with E-state index in [0.29, 0.717) is 0 Å². The fourth-order valence-electron chi connectivity index (χ4n) is 0.944. The molecule has 0 aromatic rings. The quantitative estimate of drug-likeness (QED) is 0.607. The summed E-state index contributed by atoms with van der Waals surface area (Å²) in [5, 5.41) is 0. The third-order valence-corrected chi connectivity index (χ3v) is 4.37. The maximum atomic E-state index is 2.27. The third kappa shape index (κ3) is 3.17. The van der Waals surface area contributed by atoms with Gasteiger partial charge in [0.05, 0.1) is 0 Å². The zero-order valence-corrected chi connectivity index (χ0v) is 8.30. The first-order chi connectivity index (χ1) is 4.79. The molecule has 1 rings (SSSR count). The van der Waals surface area contributed by atoms with Crippen LogP contribution in [0.1, 0.15) is 6.42 Å². The van der Waals surface area contributed by atoms with Gasteiger partial charge in [-0.3, -0.25) is 0 Å². The molecule has 0 aromatic heterocycles. The van der Waals surface area contributed by atoms with E-state index in [-0.39, 0.29) is 0 Å². The molecular weight excluding hydrogens is 162 g/mol. The Bertz CT molecular complexity index is 89.6. The van der Waals surface area contributed by atoms with Crippen molar-refractivity contribution < 1.29 is 0 Å². The van der Waals surface area contributed by atoms with Crippen LogP contribution in [0.2, 0.25) is 0 Å². The third-order valence-electron chi connectivity index (χ3n) is 1.68. The molecule has 1 nitrogen and oxygen atoms in total. The Morgan fingerprint density at radius 1 is 1.30 bits per heavy atom. The van der Waals surface area contributed by atoms with Crippen LogP contribution in [-0.4, -0.2) is 37.0 Å². The molecule has 0 atom stereocenters. The van der Waals surface area contributed by atoms with E-state index in [2.05, 4.69) is 19.0 Å². The Balaban J connectivity index is 2.01. The van der Waals surface area contributed by atoms with Gasteiger partial charge >= 0.3 is 0 Å². The molecule has 0 unspecified atom stereocenters. The van der Waals surface area contributed by atoms with Crippen molar-refractivity contribution in [2.24, 2.45) is 5.92 Å². The Kier molecular flexibility index (Phi) is 3.96. The van der Waals surface area contributed by atoms with Crippen LogP contribution in [0.25, 0.3) is 0 Å². The topological polar surface area (TPSA) is 3.24 Å². The highest BCUT2D eigenvalue weighted by Gasteiger charge is 2.15. The maximum absolute atomic E-state index is 2.27. The van der Waals surface area contributed by atoms with Crippen LogP contribution in [0, 0.1) is 5.92 Å². The van der Waals surface area contributed by atoms with Gasteiger partial charge in [0.2, 0.25) is 0 Å². The lowest BCUT2D eigenvalue weighted by molar-refractivity contribution is 0.374. The molecule has 0 bridgehead atoms. The number of hydrogen-bond donors (Lipinski definition) is 0. The van der Waals surface area contributed by atoms with Crippen molar-refractivity contribution in [2.45, 2.75) is 6.42 Å². The zero-order valence-electron chi connectivity index (χ0n) is 6.67. The highest BCUT2D eigenvalue weighted by Crippen LogP contribution is 2.35. The van der Waals surface area contributed by atoms with Crippen molar-refractivity contribution in [3.8, 4) is 0 Å². The van der Waals surface area contributed by atoms with E-state index in [4.69, 9.17) is 0 Å². The number of nitrogens with zero attached hydrogens (tertiary/aromatic N) is 1. The lowest BCUT2D eigenvalue weighted by Gasteiger charge is -2.11. The second-order valence-corrected chi connectivity index (χ2v) is 5.58. The normalized spacial score (nSPS) is 20.7. The fourth-order valence-corrected chi connectivity index (χ4v) is 3.97. The van der Waals surface area contributed by atoms with Gasteiger partial charge in [-0.25, -0.2) is 0 Å². The van der Waals surface area contributed by atoms with Crippen LogP contribution in [0.3, 0.4) is 0 Å². The SMILES string of the molecule is CN(C)CCC1CSSC1. The molecule has 1 aliphatic heterocycles. The van der Waals surface area contributed by atoms with E-state index in [1.165, 1.54) is 24.5 Å². The monoisotopic (exact) mass is 177 g/mol. The summed E-state index contributed by atoms with van der Waals surface area (Å²) in [7, 11) is 8.36. The Hall–Kier alpha value is 0.660. The minimum absolute atomic E-state index is 0.984. The van der Waals surface area contributed by atoms with Gasteiger partial charge in [0.25, 0.3) is 0 Å². The van der Waals surface area contributed by atoms with Gasteiger partial charge in [0, 0.05) is 11.5 Å². The molecule has 1 aliphatic rings. The molecule has 0 aromatic carbocycles. The fraction of sp³-hybridized carbons (Fsp3) is 1.00. The largest absolute Gasteiger partial charge is 0.309 e. The van der Waals surface area contributed by atoms with E-state index in [1.807, 2.05) is 21.6 Å². The predicted octanol–water partition coefficient (Wildman–Crippen LogP) is 1.95. The van der Waals surface area contributed by atoms with E-state index in [0.717, 1.165) is 5.92 Å². The molecule has 3 heteroatoms. The van der Waals surface area contributed by atoms with E-state index >= 15 is 0 Å². The van der Waals surface area contributed by atoms with Crippen LogP contribution >= 0.6 is 21.6 Å². The predicted molar refractivity (Wildman–Crippen MR) is 51.6 cm³/mol.